The minimum Gasteiger partial charge on any atom is -0.436 e. The van der Waals surface area contributed by atoms with Crippen LogP contribution in [0.2, 0.25) is 10.0 Å². The van der Waals surface area contributed by atoms with Gasteiger partial charge in [0.1, 0.15) is 5.52 Å². The Morgan fingerprint density at radius 3 is 2.50 bits per heavy atom. The van der Waals surface area contributed by atoms with Gasteiger partial charge >= 0.3 is 0 Å². The van der Waals surface area contributed by atoms with Gasteiger partial charge in [-0.25, -0.2) is 4.98 Å². The Bertz CT molecular complexity index is 737. The summed E-state index contributed by atoms with van der Waals surface area (Å²) in [6, 6.07) is 10.5. The van der Waals surface area contributed by atoms with Crippen LogP contribution in [0.25, 0.3) is 22.6 Å². The third-order valence-corrected chi connectivity index (χ3v) is 3.06. The second-order valence-corrected chi connectivity index (χ2v) is 4.74. The number of hydrogen-bond donors (Lipinski definition) is 1. The van der Waals surface area contributed by atoms with Gasteiger partial charge in [-0.15, -0.1) is 0 Å². The maximum absolute atomic E-state index is 5.90. The number of hydrogen-bond acceptors (Lipinski definition) is 3. The van der Waals surface area contributed by atoms with Gasteiger partial charge in [0.2, 0.25) is 5.89 Å². The van der Waals surface area contributed by atoms with Gasteiger partial charge in [0.05, 0.1) is 5.56 Å². The fraction of sp³-hybridized carbons (Fsp3) is 0. The van der Waals surface area contributed by atoms with Crippen LogP contribution >= 0.6 is 23.2 Å². The third-order valence-electron chi connectivity index (χ3n) is 2.59. The molecule has 0 aliphatic heterocycles. The lowest BCUT2D eigenvalue weighted by atomic mass is 10.2. The van der Waals surface area contributed by atoms with E-state index in [1.807, 2.05) is 0 Å². The number of anilines is 1. The van der Waals surface area contributed by atoms with E-state index in [1.165, 1.54) is 0 Å². The molecule has 3 aromatic rings. The van der Waals surface area contributed by atoms with Crippen LogP contribution in [0.3, 0.4) is 0 Å². The Kier molecular flexibility index (Phi) is 2.65. The van der Waals surface area contributed by atoms with Crippen molar-refractivity contribution in [2.45, 2.75) is 0 Å². The van der Waals surface area contributed by atoms with Crippen molar-refractivity contribution in [3.05, 3.63) is 46.4 Å². The molecule has 0 aliphatic rings. The van der Waals surface area contributed by atoms with Gasteiger partial charge in [-0.1, -0.05) is 23.2 Å². The van der Waals surface area contributed by atoms with E-state index in [-0.39, 0.29) is 0 Å². The third kappa shape index (κ3) is 1.92. The number of nitrogens with zero attached hydrogens (tertiary/aromatic N) is 1. The molecule has 0 saturated heterocycles. The highest BCUT2D eigenvalue weighted by molar-refractivity contribution is 6.31. The lowest BCUT2D eigenvalue weighted by molar-refractivity contribution is 0.620. The zero-order chi connectivity index (χ0) is 12.7. The van der Waals surface area contributed by atoms with Gasteiger partial charge in [-0.05, 0) is 30.3 Å². The van der Waals surface area contributed by atoms with Crippen molar-refractivity contribution in [2.75, 3.05) is 5.73 Å². The predicted octanol–water partition coefficient (Wildman–Crippen LogP) is 4.38. The van der Waals surface area contributed by atoms with Crippen molar-refractivity contribution < 1.29 is 4.42 Å². The average molecular weight is 279 g/mol. The summed E-state index contributed by atoms with van der Waals surface area (Å²) in [7, 11) is 0. The van der Waals surface area contributed by atoms with Crippen LogP contribution in [-0.4, -0.2) is 4.98 Å². The summed E-state index contributed by atoms with van der Waals surface area (Å²) < 4.78 is 5.64. The summed E-state index contributed by atoms with van der Waals surface area (Å²) in [5.74, 6) is 0.460. The zero-order valence-corrected chi connectivity index (χ0v) is 10.7. The smallest absolute Gasteiger partial charge is 0.229 e. The van der Waals surface area contributed by atoms with Crippen LogP contribution in [0.4, 0.5) is 5.69 Å². The molecule has 1 heterocycles. The maximum atomic E-state index is 5.90. The number of fused-ring (bicyclic) bond motifs is 1. The lowest BCUT2D eigenvalue weighted by Crippen LogP contribution is -1.89. The van der Waals surface area contributed by atoms with Gasteiger partial charge in [0, 0.05) is 21.8 Å². The summed E-state index contributed by atoms with van der Waals surface area (Å²) >= 11 is 11.8. The highest BCUT2D eigenvalue weighted by atomic mass is 35.5. The van der Waals surface area contributed by atoms with Gasteiger partial charge in [-0.2, -0.15) is 0 Å². The van der Waals surface area contributed by atoms with Gasteiger partial charge < -0.3 is 10.2 Å². The quantitative estimate of drug-likeness (QED) is 0.672. The van der Waals surface area contributed by atoms with Crippen LogP contribution in [0.15, 0.2) is 40.8 Å². The van der Waals surface area contributed by atoms with E-state index in [2.05, 4.69) is 4.98 Å². The van der Waals surface area contributed by atoms with E-state index in [9.17, 15) is 0 Å². The Labute approximate surface area is 113 Å². The molecule has 0 bridgehead atoms. The molecule has 0 amide bonds. The SMILES string of the molecule is Nc1cc(Cl)ccc1-c1nc2ccc(Cl)cc2o1. The molecule has 18 heavy (non-hydrogen) atoms. The minimum absolute atomic E-state index is 0.460. The van der Waals surface area contributed by atoms with Crippen LogP contribution in [0, 0.1) is 0 Å². The normalized spacial score (nSPS) is 11.0. The first-order valence-corrected chi connectivity index (χ1v) is 6.00. The van der Waals surface area contributed by atoms with Crippen molar-refractivity contribution in [2.24, 2.45) is 0 Å². The van der Waals surface area contributed by atoms with Crippen molar-refractivity contribution in [1.29, 1.82) is 0 Å². The Morgan fingerprint density at radius 2 is 1.72 bits per heavy atom. The Morgan fingerprint density at radius 1 is 1.00 bits per heavy atom. The van der Waals surface area contributed by atoms with Crippen molar-refractivity contribution in [1.82, 2.24) is 4.98 Å². The zero-order valence-electron chi connectivity index (χ0n) is 9.15. The molecule has 0 fully saturated rings. The second-order valence-electron chi connectivity index (χ2n) is 3.86. The lowest BCUT2D eigenvalue weighted by Gasteiger charge is -2.00. The summed E-state index contributed by atoms with van der Waals surface area (Å²) in [5, 5.41) is 1.18. The number of oxazole rings is 1. The minimum atomic E-state index is 0.460. The fourth-order valence-corrected chi connectivity index (χ4v) is 2.08. The molecule has 0 atom stereocenters. The molecule has 0 saturated carbocycles. The molecule has 2 N–H and O–H groups in total. The molecular formula is C13H8Cl2N2O. The molecule has 5 heteroatoms. The molecular weight excluding hydrogens is 271 g/mol. The first-order chi connectivity index (χ1) is 8.63. The van der Waals surface area contributed by atoms with E-state index < -0.39 is 0 Å². The van der Waals surface area contributed by atoms with E-state index in [1.54, 1.807) is 36.4 Å². The van der Waals surface area contributed by atoms with E-state index >= 15 is 0 Å². The standard InChI is InChI=1S/C13H8Cl2N2O/c14-7-1-3-9(10(16)5-7)13-17-11-4-2-8(15)6-12(11)18-13/h1-6H,16H2. The van der Waals surface area contributed by atoms with Crippen LogP contribution in [0.1, 0.15) is 0 Å². The molecule has 0 radical (unpaired) electrons. The van der Waals surface area contributed by atoms with E-state index in [0.29, 0.717) is 32.8 Å². The van der Waals surface area contributed by atoms with Gasteiger partial charge in [0.25, 0.3) is 0 Å². The highest BCUT2D eigenvalue weighted by Crippen LogP contribution is 2.31. The van der Waals surface area contributed by atoms with Gasteiger partial charge in [-0.3, -0.25) is 0 Å². The Hall–Kier alpha value is -1.71. The predicted molar refractivity (Wildman–Crippen MR) is 73.9 cm³/mol. The van der Waals surface area contributed by atoms with Crippen molar-refractivity contribution >= 4 is 40.0 Å². The van der Waals surface area contributed by atoms with Crippen LogP contribution in [0.5, 0.6) is 0 Å². The summed E-state index contributed by atoms with van der Waals surface area (Å²) in [5.41, 5.74) is 8.51. The molecule has 90 valence electrons. The van der Waals surface area contributed by atoms with Crippen LogP contribution < -0.4 is 5.73 Å². The first kappa shape index (κ1) is 11.4. The first-order valence-electron chi connectivity index (χ1n) is 5.25. The molecule has 0 spiro atoms. The monoisotopic (exact) mass is 278 g/mol. The molecule has 0 aliphatic carbocycles. The molecule has 2 aromatic carbocycles. The maximum Gasteiger partial charge on any atom is 0.229 e. The molecule has 3 nitrogen and oxygen atoms in total. The molecule has 1 aromatic heterocycles. The molecule has 3 rings (SSSR count). The van der Waals surface area contributed by atoms with Crippen molar-refractivity contribution in [3.63, 3.8) is 0 Å². The fourth-order valence-electron chi connectivity index (χ4n) is 1.74. The van der Waals surface area contributed by atoms with E-state index in [4.69, 9.17) is 33.4 Å². The van der Waals surface area contributed by atoms with Crippen molar-refractivity contribution in [3.8, 4) is 11.5 Å². The summed E-state index contributed by atoms with van der Waals surface area (Å²) in [4.78, 5) is 4.37. The number of nitrogens with two attached hydrogens (primary N) is 1. The summed E-state index contributed by atoms with van der Waals surface area (Å²) in [6.45, 7) is 0. The highest BCUT2D eigenvalue weighted by Gasteiger charge is 2.11. The number of halogens is 2. The van der Waals surface area contributed by atoms with E-state index in [0.717, 1.165) is 5.52 Å². The number of nitrogen functional groups attached to an aromatic ring is 1. The topological polar surface area (TPSA) is 52.0 Å². The average Bonchev–Trinajstić information content (AvgIpc) is 2.71. The number of aromatic nitrogens is 1. The second kappa shape index (κ2) is 4.19. The van der Waals surface area contributed by atoms with Gasteiger partial charge in [0.15, 0.2) is 5.58 Å². The summed E-state index contributed by atoms with van der Waals surface area (Å²) in [6.07, 6.45) is 0. The molecule has 0 unspecified atom stereocenters. The largest absolute Gasteiger partial charge is 0.436 e. The Balaban J connectivity index is 2.19. The number of benzene rings is 2. The van der Waals surface area contributed by atoms with Crippen LogP contribution in [-0.2, 0) is 0 Å². The number of rotatable bonds is 1.